The van der Waals surface area contributed by atoms with Gasteiger partial charge < -0.3 is 10.1 Å². The largest absolute Gasteiger partial charge is 0.462 e. The smallest absolute Gasteiger partial charge is 0.341 e. The fourth-order valence-electron chi connectivity index (χ4n) is 1.87. The van der Waals surface area contributed by atoms with Gasteiger partial charge in [0.05, 0.1) is 27.9 Å². The summed E-state index contributed by atoms with van der Waals surface area (Å²) < 4.78 is 5.65. The highest BCUT2D eigenvalue weighted by Crippen LogP contribution is 2.39. The van der Waals surface area contributed by atoms with Gasteiger partial charge in [-0.1, -0.05) is 23.2 Å². The molecule has 0 bridgehead atoms. The Labute approximate surface area is 134 Å². The molecule has 0 saturated heterocycles. The molecule has 1 N–H and O–H groups in total. The average molecular weight is 378 g/mol. The van der Waals surface area contributed by atoms with Crippen LogP contribution in [-0.4, -0.2) is 24.6 Å². The summed E-state index contributed by atoms with van der Waals surface area (Å²) in [5.41, 5.74) is 1.48. The number of nitrogens with one attached hydrogen (secondary N) is 1. The monoisotopic (exact) mass is 376 g/mol. The Morgan fingerprint density at radius 3 is 2.75 bits per heavy atom. The van der Waals surface area contributed by atoms with Crippen LogP contribution in [0.25, 0.3) is 10.9 Å². The zero-order chi connectivity index (χ0) is 14.9. The van der Waals surface area contributed by atoms with Crippen molar-refractivity contribution in [3.8, 4) is 0 Å². The maximum atomic E-state index is 11.9. The van der Waals surface area contributed by atoms with E-state index in [0.29, 0.717) is 43.3 Å². The molecule has 0 unspecified atom stereocenters. The minimum atomic E-state index is -0.437. The van der Waals surface area contributed by atoms with Gasteiger partial charge in [-0.2, -0.15) is 0 Å². The summed E-state index contributed by atoms with van der Waals surface area (Å²) in [5, 5.41) is 4.40. The predicted molar refractivity (Wildman–Crippen MR) is 85.0 cm³/mol. The Morgan fingerprint density at radius 1 is 1.45 bits per heavy atom. The molecule has 0 atom stereocenters. The molecule has 0 amide bonds. The number of nitrogens with zero attached hydrogens (tertiary/aromatic N) is 1. The molecule has 7 heteroatoms. The molecule has 1 aromatic carbocycles. The number of carbonyl (C=O) groups excluding carboxylic acids is 1. The van der Waals surface area contributed by atoms with Gasteiger partial charge in [0, 0.05) is 23.1 Å². The second kappa shape index (κ2) is 6.16. The summed E-state index contributed by atoms with van der Waals surface area (Å²) in [5.74, 6) is -0.437. The van der Waals surface area contributed by atoms with Crippen molar-refractivity contribution in [3.63, 3.8) is 0 Å². The van der Waals surface area contributed by atoms with Gasteiger partial charge in [-0.05, 0) is 28.9 Å². The van der Waals surface area contributed by atoms with Crippen molar-refractivity contribution in [2.75, 3.05) is 19.0 Å². The van der Waals surface area contributed by atoms with Gasteiger partial charge in [0.15, 0.2) is 0 Å². The summed E-state index contributed by atoms with van der Waals surface area (Å²) >= 11 is 15.6. The van der Waals surface area contributed by atoms with Crippen molar-refractivity contribution in [2.24, 2.45) is 0 Å². The first-order chi connectivity index (χ1) is 9.51. The van der Waals surface area contributed by atoms with Crippen LogP contribution in [0.15, 0.2) is 16.7 Å². The third-order valence-electron chi connectivity index (χ3n) is 2.74. The Balaban J connectivity index is 2.77. The highest BCUT2D eigenvalue weighted by atomic mass is 79.9. The first kappa shape index (κ1) is 15.4. The lowest BCUT2D eigenvalue weighted by molar-refractivity contribution is 0.0527. The Morgan fingerprint density at radius 2 is 2.15 bits per heavy atom. The molecule has 4 nitrogen and oxygen atoms in total. The summed E-state index contributed by atoms with van der Waals surface area (Å²) in [4.78, 5) is 16.1. The van der Waals surface area contributed by atoms with Gasteiger partial charge in [0.25, 0.3) is 0 Å². The fourth-order valence-corrected chi connectivity index (χ4v) is 2.81. The Hall–Kier alpha value is -1.04. The minimum Gasteiger partial charge on any atom is -0.462 e. The number of hydrogen-bond acceptors (Lipinski definition) is 4. The molecule has 20 heavy (non-hydrogen) atoms. The van der Waals surface area contributed by atoms with E-state index in [1.807, 2.05) is 0 Å². The number of pyridine rings is 1. The highest BCUT2D eigenvalue weighted by molar-refractivity contribution is 9.10. The van der Waals surface area contributed by atoms with E-state index in [1.54, 1.807) is 20.0 Å². The molecule has 0 saturated carbocycles. The van der Waals surface area contributed by atoms with Gasteiger partial charge in [-0.15, -0.1) is 0 Å². The lowest BCUT2D eigenvalue weighted by atomic mass is 10.1. The maximum absolute atomic E-state index is 11.9. The van der Waals surface area contributed by atoms with Gasteiger partial charge in [0.2, 0.25) is 0 Å². The van der Waals surface area contributed by atoms with E-state index in [9.17, 15) is 4.79 Å². The lowest BCUT2D eigenvalue weighted by Crippen LogP contribution is -2.09. The van der Waals surface area contributed by atoms with E-state index >= 15 is 0 Å². The number of rotatable bonds is 3. The molecule has 1 heterocycles. The predicted octanol–water partition coefficient (Wildman–Crippen LogP) is 4.52. The highest BCUT2D eigenvalue weighted by Gasteiger charge is 2.19. The van der Waals surface area contributed by atoms with Crippen LogP contribution in [0.5, 0.6) is 0 Å². The topological polar surface area (TPSA) is 51.2 Å². The Bertz CT molecular complexity index is 692. The molecule has 2 rings (SSSR count). The van der Waals surface area contributed by atoms with E-state index in [1.165, 1.54) is 6.20 Å². The first-order valence-corrected chi connectivity index (χ1v) is 7.37. The van der Waals surface area contributed by atoms with Crippen LogP contribution >= 0.6 is 39.1 Å². The van der Waals surface area contributed by atoms with Gasteiger partial charge in [0.1, 0.15) is 5.56 Å². The molecule has 0 fully saturated rings. The fraction of sp³-hybridized carbons (Fsp3) is 0.231. The van der Waals surface area contributed by atoms with Crippen molar-refractivity contribution >= 4 is 61.7 Å². The third kappa shape index (κ3) is 2.57. The molecule has 0 spiro atoms. The van der Waals surface area contributed by atoms with Gasteiger partial charge in [-0.3, -0.25) is 4.98 Å². The van der Waals surface area contributed by atoms with E-state index in [2.05, 4.69) is 26.2 Å². The number of benzene rings is 1. The number of ether oxygens (including phenoxy) is 1. The first-order valence-electron chi connectivity index (χ1n) is 5.82. The van der Waals surface area contributed by atoms with Gasteiger partial charge in [-0.25, -0.2) is 4.79 Å². The number of carbonyl (C=O) groups is 1. The second-order valence-electron chi connectivity index (χ2n) is 3.90. The number of hydrogen-bond donors (Lipinski definition) is 1. The van der Waals surface area contributed by atoms with Crippen molar-refractivity contribution in [3.05, 3.63) is 32.3 Å². The second-order valence-corrected chi connectivity index (χ2v) is 5.51. The van der Waals surface area contributed by atoms with Crippen LogP contribution in [-0.2, 0) is 4.74 Å². The number of anilines is 1. The zero-order valence-electron chi connectivity index (χ0n) is 10.8. The van der Waals surface area contributed by atoms with Crippen molar-refractivity contribution < 1.29 is 9.53 Å². The normalized spacial score (nSPS) is 10.7. The summed E-state index contributed by atoms with van der Waals surface area (Å²) in [7, 11) is 1.72. The average Bonchev–Trinajstić information content (AvgIpc) is 2.44. The van der Waals surface area contributed by atoms with Crippen LogP contribution < -0.4 is 5.32 Å². The summed E-state index contributed by atoms with van der Waals surface area (Å²) in [6.07, 6.45) is 1.43. The van der Waals surface area contributed by atoms with Gasteiger partial charge >= 0.3 is 5.97 Å². The standard InChI is InChI=1S/C13H11BrCl2N2O2/c1-3-20-13(19)7-5-18-12-6(11(7)17-2)4-8(14)9(15)10(12)16/h4-5H,3H2,1-2H3,(H,17,18). The lowest BCUT2D eigenvalue weighted by Gasteiger charge is -2.13. The van der Waals surface area contributed by atoms with E-state index in [4.69, 9.17) is 27.9 Å². The third-order valence-corrected chi connectivity index (χ3v) is 4.45. The number of esters is 1. The molecular weight excluding hydrogens is 367 g/mol. The molecule has 106 valence electrons. The van der Waals surface area contributed by atoms with Crippen LogP contribution in [0.3, 0.4) is 0 Å². The summed E-state index contributed by atoms with van der Waals surface area (Å²) in [6.45, 7) is 2.05. The van der Waals surface area contributed by atoms with Crippen LogP contribution in [0.4, 0.5) is 5.69 Å². The van der Waals surface area contributed by atoms with E-state index in [-0.39, 0.29) is 0 Å². The molecule has 0 aliphatic rings. The minimum absolute atomic E-state index is 0.297. The number of fused-ring (bicyclic) bond motifs is 1. The van der Waals surface area contributed by atoms with Crippen LogP contribution in [0.1, 0.15) is 17.3 Å². The van der Waals surface area contributed by atoms with Crippen molar-refractivity contribution in [1.29, 1.82) is 0 Å². The molecular formula is C13H11BrCl2N2O2. The SMILES string of the molecule is CCOC(=O)c1cnc2c(Cl)c(Cl)c(Br)cc2c1NC. The molecule has 2 aromatic rings. The molecule has 0 radical (unpaired) electrons. The zero-order valence-corrected chi connectivity index (χ0v) is 13.9. The molecule has 1 aromatic heterocycles. The maximum Gasteiger partial charge on any atom is 0.341 e. The Kier molecular flexibility index (Phi) is 4.73. The van der Waals surface area contributed by atoms with E-state index in [0.717, 1.165) is 0 Å². The van der Waals surface area contributed by atoms with Crippen molar-refractivity contribution in [1.82, 2.24) is 4.98 Å². The van der Waals surface area contributed by atoms with Crippen LogP contribution in [0, 0.1) is 0 Å². The molecule has 0 aliphatic carbocycles. The van der Waals surface area contributed by atoms with Crippen LogP contribution in [0.2, 0.25) is 10.0 Å². The number of halogens is 3. The molecule has 0 aliphatic heterocycles. The number of aromatic nitrogens is 1. The van der Waals surface area contributed by atoms with E-state index < -0.39 is 5.97 Å². The quantitative estimate of drug-likeness (QED) is 0.630. The van der Waals surface area contributed by atoms with Crippen molar-refractivity contribution in [2.45, 2.75) is 6.92 Å². The summed E-state index contributed by atoms with van der Waals surface area (Å²) in [6, 6.07) is 1.77.